The number of carbonyl (C=O) groups excluding carboxylic acids is 1. The fourth-order valence-electron chi connectivity index (χ4n) is 2.98. The lowest BCUT2D eigenvalue weighted by atomic mass is 10.2. The minimum absolute atomic E-state index is 0.0840. The van der Waals surface area contributed by atoms with E-state index in [1.807, 2.05) is 18.2 Å². The molecule has 2 aromatic carbocycles. The molecule has 0 radical (unpaired) electrons. The van der Waals surface area contributed by atoms with E-state index >= 15 is 0 Å². The minimum atomic E-state index is -0.496. The van der Waals surface area contributed by atoms with E-state index in [0.717, 1.165) is 42.7 Å². The number of para-hydroxylation sites is 2. The molecular formula is C20H22FN3O. The first-order valence-electron chi connectivity index (χ1n) is 8.67. The summed E-state index contributed by atoms with van der Waals surface area (Å²) in [5.41, 5.74) is 2.23. The van der Waals surface area contributed by atoms with Crippen LogP contribution in [0, 0.1) is 5.82 Å². The summed E-state index contributed by atoms with van der Waals surface area (Å²) < 4.78 is 15.8. The molecule has 1 aromatic heterocycles. The van der Waals surface area contributed by atoms with Crippen molar-refractivity contribution in [3.63, 3.8) is 0 Å². The Balaban J connectivity index is 1.61. The predicted molar refractivity (Wildman–Crippen MR) is 97.1 cm³/mol. The fourth-order valence-corrected chi connectivity index (χ4v) is 2.98. The second-order valence-corrected chi connectivity index (χ2v) is 6.01. The maximum Gasteiger partial charge on any atom is 0.254 e. The highest BCUT2D eigenvalue weighted by Crippen LogP contribution is 2.17. The first kappa shape index (κ1) is 17.1. The molecule has 0 atom stereocenters. The maximum absolute atomic E-state index is 13.6. The van der Waals surface area contributed by atoms with Crippen LogP contribution in [0.1, 0.15) is 35.9 Å². The van der Waals surface area contributed by atoms with Crippen molar-refractivity contribution in [2.75, 3.05) is 6.54 Å². The van der Waals surface area contributed by atoms with Crippen LogP contribution in [0.15, 0.2) is 48.5 Å². The fraction of sp³-hybridized carbons (Fsp3) is 0.300. The van der Waals surface area contributed by atoms with E-state index in [9.17, 15) is 9.18 Å². The normalized spacial score (nSPS) is 11.0. The van der Waals surface area contributed by atoms with Crippen molar-refractivity contribution in [1.82, 2.24) is 14.9 Å². The highest BCUT2D eigenvalue weighted by atomic mass is 19.1. The Kier molecular flexibility index (Phi) is 5.43. The van der Waals surface area contributed by atoms with E-state index < -0.39 is 5.82 Å². The highest BCUT2D eigenvalue weighted by molar-refractivity contribution is 5.94. The number of benzene rings is 2. The van der Waals surface area contributed by atoms with Gasteiger partial charge in [-0.25, -0.2) is 9.37 Å². The zero-order valence-corrected chi connectivity index (χ0v) is 14.3. The van der Waals surface area contributed by atoms with Gasteiger partial charge in [0, 0.05) is 19.5 Å². The predicted octanol–water partition coefficient (Wildman–Crippen LogP) is 3.95. The zero-order valence-electron chi connectivity index (χ0n) is 14.3. The molecule has 4 nitrogen and oxygen atoms in total. The van der Waals surface area contributed by atoms with Gasteiger partial charge in [0.1, 0.15) is 11.6 Å². The summed E-state index contributed by atoms with van der Waals surface area (Å²) in [6.07, 6.45) is 2.57. The quantitative estimate of drug-likeness (QED) is 0.663. The summed E-state index contributed by atoms with van der Waals surface area (Å²) in [6.45, 7) is 3.56. The summed E-state index contributed by atoms with van der Waals surface area (Å²) in [4.78, 5) is 16.7. The second-order valence-electron chi connectivity index (χ2n) is 6.01. The van der Waals surface area contributed by atoms with Crippen LogP contribution >= 0.6 is 0 Å². The number of nitrogens with one attached hydrogen (secondary N) is 1. The number of rotatable bonds is 7. The van der Waals surface area contributed by atoms with Gasteiger partial charge in [0.2, 0.25) is 0 Å². The molecule has 3 rings (SSSR count). The van der Waals surface area contributed by atoms with Crippen molar-refractivity contribution in [2.45, 2.75) is 32.7 Å². The summed E-state index contributed by atoms with van der Waals surface area (Å²) in [6, 6.07) is 14.1. The van der Waals surface area contributed by atoms with Gasteiger partial charge < -0.3 is 9.88 Å². The molecule has 1 N–H and O–H groups in total. The molecule has 1 heterocycles. The SMILES string of the molecule is CCCn1c(CCCNC(=O)c2ccccc2F)nc2ccccc21. The van der Waals surface area contributed by atoms with E-state index in [1.165, 1.54) is 12.1 Å². The van der Waals surface area contributed by atoms with Crippen molar-refractivity contribution >= 4 is 16.9 Å². The molecule has 0 unspecified atom stereocenters. The Bertz CT molecular complexity index is 872. The second kappa shape index (κ2) is 7.92. The Morgan fingerprint density at radius 1 is 1.16 bits per heavy atom. The lowest BCUT2D eigenvalue weighted by molar-refractivity contribution is 0.0949. The molecule has 25 heavy (non-hydrogen) atoms. The molecular weight excluding hydrogens is 317 g/mol. The van der Waals surface area contributed by atoms with Gasteiger partial charge in [-0.2, -0.15) is 0 Å². The van der Waals surface area contributed by atoms with Crippen LogP contribution in [-0.4, -0.2) is 22.0 Å². The van der Waals surface area contributed by atoms with Gasteiger partial charge >= 0.3 is 0 Å². The highest BCUT2D eigenvalue weighted by Gasteiger charge is 2.11. The smallest absolute Gasteiger partial charge is 0.254 e. The van der Waals surface area contributed by atoms with E-state index in [4.69, 9.17) is 4.98 Å². The molecule has 0 bridgehead atoms. The average Bonchev–Trinajstić information content (AvgIpc) is 2.97. The first-order chi connectivity index (χ1) is 12.2. The van der Waals surface area contributed by atoms with Crippen LogP contribution in [0.4, 0.5) is 4.39 Å². The summed E-state index contributed by atoms with van der Waals surface area (Å²) in [5.74, 6) is 0.160. The van der Waals surface area contributed by atoms with Gasteiger partial charge in [0.15, 0.2) is 0 Å². The Morgan fingerprint density at radius 3 is 2.72 bits per heavy atom. The number of halogens is 1. The maximum atomic E-state index is 13.6. The van der Waals surface area contributed by atoms with Crippen molar-refractivity contribution in [3.8, 4) is 0 Å². The molecule has 3 aromatic rings. The number of nitrogens with zero attached hydrogens (tertiary/aromatic N) is 2. The first-order valence-corrected chi connectivity index (χ1v) is 8.67. The van der Waals surface area contributed by atoms with Crippen molar-refractivity contribution < 1.29 is 9.18 Å². The number of aromatic nitrogens is 2. The van der Waals surface area contributed by atoms with Crippen LogP contribution in [-0.2, 0) is 13.0 Å². The molecule has 0 saturated carbocycles. The number of aryl methyl sites for hydroxylation is 2. The van der Waals surface area contributed by atoms with Crippen molar-refractivity contribution in [2.24, 2.45) is 0 Å². The van der Waals surface area contributed by atoms with E-state index in [0.29, 0.717) is 6.54 Å². The third-order valence-corrected chi connectivity index (χ3v) is 4.16. The van der Waals surface area contributed by atoms with E-state index in [1.54, 1.807) is 12.1 Å². The van der Waals surface area contributed by atoms with Gasteiger partial charge in [-0.05, 0) is 37.1 Å². The Morgan fingerprint density at radius 2 is 1.92 bits per heavy atom. The van der Waals surface area contributed by atoms with Gasteiger partial charge in [-0.1, -0.05) is 31.2 Å². The number of imidazole rings is 1. The van der Waals surface area contributed by atoms with Crippen molar-refractivity contribution in [3.05, 3.63) is 65.7 Å². The zero-order chi connectivity index (χ0) is 17.6. The molecule has 0 aliphatic heterocycles. The van der Waals surface area contributed by atoms with Crippen LogP contribution in [0.2, 0.25) is 0 Å². The number of hydrogen-bond acceptors (Lipinski definition) is 2. The van der Waals surface area contributed by atoms with Crippen LogP contribution in [0.25, 0.3) is 11.0 Å². The molecule has 0 saturated heterocycles. The number of carbonyl (C=O) groups is 1. The van der Waals surface area contributed by atoms with E-state index in [2.05, 4.69) is 22.9 Å². The Labute approximate surface area is 146 Å². The van der Waals surface area contributed by atoms with Crippen LogP contribution in [0.5, 0.6) is 0 Å². The topological polar surface area (TPSA) is 46.9 Å². The summed E-state index contributed by atoms with van der Waals surface area (Å²) in [5, 5.41) is 2.78. The van der Waals surface area contributed by atoms with Gasteiger partial charge in [-0.15, -0.1) is 0 Å². The molecule has 5 heteroatoms. The number of fused-ring (bicyclic) bond motifs is 1. The summed E-state index contributed by atoms with van der Waals surface area (Å²) >= 11 is 0. The standard InChI is InChI=1S/C20H22FN3O/c1-2-14-24-18-11-6-5-10-17(18)23-19(24)12-7-13-22-20(25)15-8-3-4-9-16(15)21/h3-6,8-11H,2,7,12-14H2,1H3,(H,22,25). The average molecular weight is 339 g/mol. The lowest BCUT2D eigenvalue weighted by Crippen LogP contribution is -2.25. The third-order valence-electron chi connectivity index (χ3n) is 4.16. The largest absolute Gasteiger partial charge is 0.352 e. The Hall–Kier alpha value is -2.69. The molecule has 1 amide bonds. The van der Waals surface area contributed by atoms with Gasteiger partial charge in [0.05, 0.1) is 16.6 Å². The van der Waals surface area contributed by atoms with Gasteiger partial charge in [-0.3, -0.25) is 4.79 Å². The lowest BCUT2D eigenvalue weighted by Gasteiger charge is -2.09. The number of amides is 1. The van der Waals surface area contributed by atoms with E-state index in [-0.39, 0.29) is 11.5 Å². The molecule has 130 valence electrons. The van der Waals surface area contributed by atoms with Crippen LogP contribution in [0.3, 0.4) is 0 Å². The molecule has 0 fully saturated rings. The summed E-state index contributed by atoms with van der Waals surface area (Å²) in [7, 11) is 0. The molecule has 0 aliphatic rings. The minimum Gasteiger partial charge on any atom is -0.352 e. The van der Waals surface area contributed by atoms with Crippen LogP contribution < -0.4 is 5.32 Å². The molecule has 0 spiro atoms. The third kappa shape index (κ3) is 3.87. The van der Waals surface area contributed by atoms with Crippen molar-refractivity contribution in [1.29, 1.82) is 0 Å². The monoisotopic (exact) mass is 339 g/mol. The van der Waals surface area contributed by atoms with Gasteiger partial charge in [0.25, 0.3) is 5.91 Å². The molecule has 0 aliphatic carbocycles. The number of hydrogen-bond donors (Lipinski definition) is 1.